The zero-order valence-electron chi connectivity index (χ0n) is 10.1. The van der Waals surface area contributed by atoms with Gasteiger partial charge in [0.1, 0.15) is 5.82 Å². The number of piperidine rings is 1. The van der Waals surface area contributed by atoms with Crippen LogP contribution in [0.25, 0.3) is 0 Å². The monoisotopic (exact) mass is 238 g/mol. The fourth-order valence-corrected chi connectivity index (χ4v) is 2.37. The van der Waals surface area contributed by atoms with Crippen LogP contribution in [0, 0.1) is 5.82 Å². The fraction of sp³-hybridized carbons (Fsp3) is 0.538. The lowest BCUT2D eigenvalue weighted by Crippen LogP contribution is -2.46. The molecule has 0 aliphatic carbocycles. The van der Waals surface area contributed by atoms with E-state index in [4.69, 9.17) is 5.73 Å². The van der Waals surface area contributed by atoms with Crippen molar-refractivity contribution in [1.29, 1.82) is 0 Å². The van der Waals surface area contributed by atoms with Crippen LogP contribution in [0.1, 0.15) is 25.3 Å². The average molecular weight is 238 g/mol. The number of aliphatic hydroxyl groups is 1. The highest BCUT2D eigenvalue weighted by Gasteiger charge is 2.28. The number of nitrogens with zero attached hydrogens (tertiary/aromatic N) is 1. The number of β-amino-alcohol motifs (C(OH)–C–C–N with tert-alkyl or cyclic N) is 1. The maximum Gasteiger partial charge on any atom is 0.125 e. The number of hydrogen-bond donors (Lipinski definition) is 2. The number of hydrogen-bond acceptors (Lipinski definition) is 3. The van der Waals surface area contributed by atoms with Crippen LogP contribution in [0.2, 0.25) is 0 Å². The van der Waals surface area contributed by atoms with Gasteiger partial charge in [-0.15, -0.1) is 0 Å². The van der Waals surface area contributed by atoms with Crippen LogP contribution in [0.15, 0.2) is 18.2 Å². The third kappa shape index (κ3) is 2.96. The molecule has 94 valence electrons. The Labute approximate surface area is 101 Å². The van der Waals surface area contributed by atoms with Crippen molar-refractivity contribution in [1.82, 2.24) is 0 Å². The van der Waals surface area contributed by atoms with Gasteiger partial charge in [-0.2, -0.15) is 0 Å². The number of nitrogens with two attached hydrogens (primary N) is 1. The molecular formula is C13H19FN2O. The highest BCUT2D eigenvalue weighted by molar-refractivity contribution is 5.50. The Morgan fingerprint density at radius 3 is 2.88 bits per heavy atom. The van der Waals surface area contributed by atoms with Crippen LogP contribution in [-0.2, 0) is 6.54 Å². The summed E-state index contributed by atoms with van der Waals surface area (Å²) in [4.78, 5) is 2.02. The Morgan fingerprint density at radius 1 is 1.47 bits per heavy atom. The minimum Gasteiger partial charge on any atom is -0.388 e. The van der Waals surface area contributed by atoms with Crippen molar-refractivity contribution in [2.45, 2.75) is 31.9 Å². The van der Waals surface area contributed by atoms with Crippen molar-refractivity contribution in [3.63, 3.8) is 0 Å². The Hall–Kier alpha value is -1.13. The minimum absolute atomic E-state index is 0.270. The second kappa shape index (κ2) is 4.63. The summed E-state index contributed by atoms with van der Waals surface area (Å²) in [6.45, 7) is 3.54. The normalized spacial score (nSPS) is 25.1. The molecule has 3 nitrogen and oxygen atoms in total. The van der Waals surface area contributed by atoms with Gasteiger partial charge in [-0.1, -0.05) is 0 Å². The zero-order valence-corrected chi connectivity index (χ0v) is 10.1. The quantitative estimate of drug-likeness (QED) is 0.823. The van der Waals surface area contributed by atoms with Gasteiger partial charge in [-0.3, -0.25) is 0 Å². The summed E-state index contributed by atoms with van der Waals surface area (Å²) in [5, 5.41) is 10.0. The van der Waals surface area contributed by atoms with Crippen LogP contribution < -0.4 is 10.6 Å². The standard InChI is InChI=1S/C13H19FN2O/c1-13(17)3-2-4-16(9-13)12-6-10(8-15)5-11(14)7-12/h5-7,17H,2-4,8-9,15H2,1H3. The highest BCUT2D eigenvalue weighted by atomic mass is 19.1. The van der Waals surface area contributed by atoms with E-state index in [0.717, 1.165) is 30.6 Å². The molecular weight excluding hydrogens is 219 g/mol. The third-order valence-corrected chi connectivity index (χ3v) is 3.22. The van der Waals surface area contributed by atoms with Crippen LogP contribution >= 0.6 is 0 Å². The maximum atomic E-state index is 13.4. The molecule has 1 aliphatic heterocycles. The number of rotatable bonds is 2. The van der Waals surface area contributed by atoms with Crippen molar-refractivity contribution in [2.24, 2.45) is 5.73 Å². The summed E-state index contributed by atoms with van der Waals surface area (Å²) >= 11 is 0. The van der Waals surface area contributed by atoms with Crippen molar-refractivity contribution >= 4 is 5.69 Å². The molecule has 1 unspecified atom stereocenters. The Balaban J connectivity index is 2.24. The van der Waals surface area contributed by atoms with E-state index >= 15 is 0 Å². The molecule has 1 aliphatic rings. The van der Waals surface area contributed by atoms with Gasteiger partial charge in [0.05, 0.1) is 5.60 Å². The molecule has 4 heteroatoms. The lowest BCUT2D eigenvalue weighted by molar-refractivity contribution is 0.0449. The number of halogens is 1. The largest absolute Gasteiger partial charge is 0.388 e. The molecule has 1 fully saturated rings. The van der Waals surface area contributed by atoms with Crippen LogP contribution in [0.3, 0.4) is 0 Å². The SMILES string of the molecule is CC1(O)CCCN(c2cc(F)cc(CN)c2)C1. The Kier molecular flexibility index (Phi) is 3.35. The number of benzene rings is 1. The molecule has 17 heavy (non-hydrogen) atoms. The molecule has 1 aromatic rings. The summed E-state index contributed by atoms with van der Waals surface area (Å²) in [5.74, 6) is -0.270. The molecule has 0 amide bonds. The van der Waals surface area contributed by atoms with E-state index in [1.54, 1.807) is 0 Å². The van der Waals surface area contributed by atoms with Gasteiger partial charge in [0.15, 0.2) is 0 Å². The van der Waals surface area contributed by atoms with E-state index in [9.17, 15) is 9.50 Å². The first-order chi connectivity index (χ1) is 8.00. The third-order valence-electron chi connectivity index (χ3n) is 3.22. The second-order valence-electron chi connectivity index (χ2n) is 5.04. The zero-order chi connectivity index (χ0) is 12.5. The lowest BCUT2D eigenvalue weighted by Gasteiger charge is -2.38. The van der Waals surface area contributed by atoms with Gasteiger partial charge >= 0.3 is 0 Å². The van der Waals surface area contributed by atoms with Crippen LogP contribution in [0.5, 0.6) is 0 Å². The summed E-state index contributed by atoms with van der Waals surface area (Å²) in [6, 6.07) is 4.84. The molecule has 3 N–H and O–H groups in total. The number of anilines is 1. The first kappa shape index (κ1) is 12.3. The van der Waals surface area contributed by atoms with E-state index in [2.05, 4.69) is 0 Å². The molecule has 0 spiro atoms. The van der Waals surface area contributed by atoms with Crippen molar-refractivity contribution in [3.8, 4) is 0 Å². The summed E-state index contributed by atoms with van der Waals surface area (Å²) in [6.07, 6.45) is 1.71. The summed E-state index contributed by atoms with van der Waals surface area (Å²) in [7, 11) is 0. The Bertz CT molecular complexity index is 406. The second-order valence-corrected chi connectivity index (χ2v) is 5.04. The van der Waals surface area contributed by atoms with E-state index in [0.29, 0.717) is 13.1 Å². The van der Waals surface area contributed by atoms with Gasteiger partial charge in [-0.05, 0) is 43.5 Å². The van der Waals surface area contributed by atoms with Gasteiger partial charge in [0.25, 0.3) is 0 Å². The lowest BCUT2D eigenvalue weighted by atomic mass is 9.94. The minimum atomic E-state index is -0.687. The first-order valence-electron chi connectivity index (χ1n) is 5.97. The molecule has 0 saturated carbocycles. The van der Waals surface area contributed by atoms with E-state index < -0.39 is 5.60 Å². The molecule has 0 bridgehead atoms. The van der Waals surface area contributed by atoms with Crippen molar-refractivity contribution in [2.75, 3.05) is 18.0 Å². The molecule has 1 heterocycles. The molecule has 1 aromatic carbocycles. The van der Waals surface area contributed by atoms with Crippen molar-refractivity contribution in [3.05, 3.63) is 29.6 Å². The highest BCUT2D eigenvalue weighted by Crippen LogP contribution is 2.26. The first-order valence-corrected chi connectivity index (χ1v) is 5.97. The van der Waals surface area contributed by atoms with Crippen molar-refractivity contribution < 1.29 is 9.50 Å². The maximum absolute atomic E-state index is 13.4. The average Bonchev–Trinajstić information content (AvgIpc) is 2.27. The summed E-state index contributed by atoms with van der Waals surface area (Å²) < 4.78 is 13.4. The van der Waals surface area contributed by atoms with Gasteiger partial charge in [0.2, 0.25) is 0 Å². The molecule has 2 rings (SSSR count). The predicted octanol–water partition coefficient (Wildman–Crippen LogP) is 1.64. The van der Waals surface area contributed by atoms with Gasteiger partial charge in [-0.25, -0.2) is 4.39 Å². The van der Waals surface area contributed by atoms with E-state index in [1.165, 1.54) is 12.1 Å². The molecule has 1 saturated heterocycles. The fourth-order valence-electron chi connectivity index (χ4n) is 2.37. The predicted molar refractivity (Wildman–Crippen MR) is 66.4 cm³/mol. The Morgan fingerprint density at radius 2 is 2.24 bits per heavy atom. The molecule has 1 atom stereocenters. The molecule has 0 aromatic heterocycles. The van der Waals surface area contributed by atoms with E-state index in [1.807, 2.05) is 17.9 Å². The van der Waals surface area contributed by atoms with E-state index in [-0.39, 0.29) is 5.82 Å². The topological polar surface area (TPSA) is 49.5 Å². The smallest absolute Gasteiger partial charge is 0.125 e. The van der Waals surface area contributed by atoms with Gasteiger partial charge in [0, 0.05) is 25.3 Å². The van der Waals surface area contributed by atoms with Gasteiger partial charge < -0.3 is 15.7 Å². The van der Waals surface area contributed by atoms with Crippen LogP contribution in [0.4, 0.5) is 10.1 Å². The summed E-state index contributed by atoms with van der Waals surface area (Å²) in [5.41, 5.74) is 6.44. The van der Waals surface area contributed by atoms with Crippen LogP contribution in [-0.4, -0.2) is 23.8 Å². The molecule has 0 radical (unpaired) electrons.